The van der Waals surface area contributed by atoms with Crippen LogP contribution in [-0.4, -0.2) is 24.3 Å². The summed E-state index contributed by atoms with van der Waals surface area (Å²) >= 11 is 0. The first kappa shape index (κ1) is 11.4. The van der Waals surface area contributed by atoms with Crippen molar-refractivity contribution in [3.05, 3.63) is 0 Å². The van der Waals surface area contributed by atoms with Crippen molar-refractivity contribution in [3.63, 3.8) is 0 Å². The second kappa shape index (κ2) is 4.84. The summed E-state index contributed by atoms with van der Waals surface area (Å²) in [7, 11) is 0. The van der Waals surface area contributed by atoms with Crippen LogP contribution in [0.4, 0.5) is 0 Å². The van der Waals surface area contributed by atoms with E-state index in [2.05, 4.69) is 12.2 Å². The van der Waals surface area contributed by atoms with E-state index in [1.165, 1.54) is 38.5 Å². The average molecular weight is 211 g/mol. The Labute approximate surface area is 93.5 Å². The maximum Gasteiger partial charge on any atom is 0.0436 e. The third-order valence-electron chi connectivity index (χ3n) is 4.52. The van der Waals surface area contributed by atoms with Crippen LogP contribution in [0.5, 0.6) is 0 Å². The molecule has 2 aliphatic carbocycles. The topological polar surface area (TPSA) is 32.3 Å². The Morgan fingerprint density at radius 3 is 2.73 bits per heavy atom. The molecule has 0 saturated heterocycles. The largest absolute Gasteiger partial charge is 0.396 e. The van der Waals surface area contributed by atoms with Gasteiger partial charge in [-0.15, -0.1) is 0 Å². The van der Waals surface area contributed by atoms with Gasteiger partial charge in [0, 0.05) is 19.2 Å². The van der Waals surface area contributed by atoms with E-state index in [4.69, 9.17) is 5.11 Å². The molecule has 0 heterocycles. The van der Waals surface area contributed by atoms with Gasteiger partial charge in [0.15, 0.2) is 0 Å². The number of nitrogens with one attached hydrogen (secondary N) is 1. The second-order valence-corrected chi connectivity index (χ2v) is 5.56. The Balaban J connectivity index is 1.73. The van der Waals surface area contributed by atoms with Crippen LogP contribution in [0.2, 0.25) is 0 Å². The van der Waals surface area contributed by atoms with Crippen LogP contribution in [0.15, 0.2) is 0 Å². The Hall–Kier alpha value is -0.0800. The number of hydrogen-bond acceptors (Lipinski definition) is 2. The Kier molecular flexibility index (Phi) is 3.68. The molecule has 0 radical (unpaired) electrons. The van der Waals surface area contributed by atoms with E-state index >= 15 is 0 Å². The van der Waals surface area contributed by atoms with Crippen molar-refractivity contribution in [3.8, 4) is 0 Å². The summed E-state index contributed by atoms with van der Waals surface area (Å²) in [6, 6.07) is 0.770. The predicted molar refractivity (Wildman–Crippen MR) is 62.8 cm³/mol. The van der Waals surface area contributed by atoms with E-state index in [0.29, 0.717) is 12.0 Å². The maximum absolute atomic E-state index is 9.00. The molecule has 2 nitrogen and oxygen atoms in total. The molecule has 2 N–H and O–H groups in total. The molecule has 0 spiro atoms. The minimum atomic E-state index is 0.365. The van der Waals surface area contributed by atoms with Crippen LogP contribution < -0.4 is 5.32 Å². The van der Waals surface area contributed by atoms with Crippen LogP contribution in [-0.2, 0) is 0 Å². The molecule has 2 heteroatoms. The first-order valence-corrected chi connectivity index (χ1v) is 6.64. The summed E-state index contributed by atoms with van der Waals surface area (Å²) in [6.07, 6.45) is 9.17. The number of aliphatic hydroxyl groups is 1. The van der Waals surface area contributed by atoms with Gasteiger partial charge >= 0.3 is 0 Å². The molecular formula is C13H25NO. The smallest absolute Gasteiger partial charge is 0.0436 e. The standard InChI is InChI=1S/C13H25NO/c1-2-11-4-3-5-12(11)14-10-13(6-7-13)8-9-15/h11-12,14-15H,2-10H2,1H3. The molecule has 2 unspecified atom stereocenters. The lowest BCUT2D eigenvalue weighted by Crippen LogP contribution is -2.36. The van der Waals surface area contributed by atoms with Crippen molar-refractivity contribution in [2.75, 3.05) is 13.2 Å². The van der Waals surface area contributed by atoms with E-state index in [-0.39, 0.29) is 0 Å². The molecule has 0 aromatic carbocycles. The average Bonchev–Trinajstić information content (AvgIpc) is 2.86. The van der Waals surface area contributed by atoms with Crippen LogP contribution >= 0.6 is 0 Å². The zero-order valence-electron chi connectivity index (χ0n) is 9.97. The highest BCUT2D eigenvalue weighted by atomic mass is 16.3. The number of aliphatic hydroxyl groups excluding tert-OH is 1. The van der Waals surface area contributed by atoms with Crippen molar-refractivity contribution in [2.24, 2.45) is 11.3 Å². The Morgan fingerprint density at radius 2 is 2.13 bits per heavy atom. The zero-order valence-corrected chi connectivity index (χ0v) is 9.97. The van der Waals surface area contributed by atoms with Crippen LogP contribution in [0.1, 0.15) is 51.9 Å². The van der Waals surface area contributed by atoms with Gasteiger partial charge < -0.3 is 10.4 Å². The molecule has 88 valence electrons. The highest BCUT2D eigenvalue weighted by Crippen LogP contribution is 2.48. The van der Waals surface area contributed by atoms with E-state index in [1.807, 2.05) is 0 Å². The van der Waals surface area contributed by atoms with E-state index < -0.39 is 0 Å². The predicted octanol–water partition coefficient (Wildman–Crippen LogP) is 2.32. The third kappa shape index (κ3) is 2.73. The lowest BCUT2D eigenvalue weighted by Gasteiger charge is -2.23. The fourth-order valence-corrected chi connectivity index (χ4v) is 3.07. The molecule has 2 aliphatic rings. The normalized spacial score (nSPS) is 33.2. The fraction of sp³-hybridized carbons (Fsp3) is 1.00. The Morgan fingerprint density at radius 1 is 1.33 bits per heavy atom. The van der Waals surface area contributed by atoms with Gasteiger partial charge in [0.1, 0.15) is 0 Å². The summed E-state index contributed by atoms with van der Waals surface area (Å²) in [6.45, 7) is 3.82. The van der Waals surface area contributed by atoms with Gasteiger partial charge in [-0.2, -0.15) is 0 Å². The van der Waals surface area contributed by atoms with Crippen LogP contribution in [0.25, 0.3) is 0 Å². The molecule has 2 fully saturated rings. The molecule has 0 aromatic heterocycles. The highest BCUT2D eigenvalue weighted by molar-refractivity contribution is 4.96. The van der Waals surface area contributed by atoms with Crippen LogP contribution in [0.3, 0.4) is 0 Å². The quantitative estimate of drug-likeness (QED) is 0.706. The number of rotatable bonds is 6. The molecule has 0 amide bonds. The van der Waals surface area contributed by atoms with Crippen molar-refractivity contribution < 1.29 is 5.11 Å². The molecule has 2 saturated carbocycles. The monoisotopic (exact) mass is 211 g/mol. The minimum absolute atomic E-state index is 0.365. The molecule has 0 bridgehead atoms. The highest BCUT2D eigenvalue weighted by Gasteiger charge is 2.42. The van der Waals surface area contributed by atoms with E-state index in [9.17, 15) is 0 Å². The lowest BCUT2D eigenvalue weighted by atomic mass is 9.98. The van der Waals surface area contributed by atoms with Gasteiger partial charge in [-0.3, -0.25) is 0 Å². The third-order valence-corrected chi connectivity index (χ3v) is 4.52. The summed E-state index contributed by atoms with van der Waals surface area (Å²) in [5, 5.41) is 12.8. The first-order valence-electron chi connectivity index (χ1n) is 6.64. The van der Waals surface area contributed by atoms with Crippen molar-refractivity contribution in [2.45, 2.75) is 57.9 Å². The second-order valence-electron chi connectivity index (χ2n) is 5.56. The van der Waals surface area contributed by atoms with Gasteiger partial charge in [0.25, 0.3) is 0 Å². The van der Waals surface area contributed by atoms with E-state index in [1.54, 1.807) is 0 Å². The minimum Gasteiger partial charge on any atom is -0.396 e. The summed E-state index contributed by atoms with van der Waals surface area (Å²) in [5.41, 5.74) is 0.482. The molecule has 15 heavy (non-hydrogen) atoms. The van der Waals surface area contributed by atoms with Crippen molar-refractivity contribution >= 4 is 0 Å². The summed E-state index contributed by atoms with van der Waals surface area (Å²) in [4.78, 5) is 0. The molecule has 0 aliphatic heterocycles. The van der Waals surface area contributed by atoms with Crippen molar-refractivity contribution in [1.29, 1.82) is 0 Å². The van der Waals surface area contributed by atoms with Crippen LogP contribution in [0, 0.1) is 11.3 Å². The molecule has 2 atom stereocenters. The summed E-state index contributed by atoms with van der Waals surface area (Å²) in [5.74, 6) is 0.912. The maximum atomic E-state index is 9.00. The molecular weight excluding hydrogens is 186 g/mol. The first-order chi connectivity index (χ1) is 7.29. The lowest BCUT2D eigenvalue weighted by molar-refractivity contribution is 0.238. The molecule has 2 rings (SSSR count). The Bertz CT molecular complexity index is 201. The SMILES string of the molecule is CCC1CCCC1NCC1(CCO)CC1. The zero-order chi connectivity index (χ0) is 10.7. The number of hydrogen-bond donors (Lipinski definition) is 2. The van der Waals surface area contributed by atoms with Crippen molar-refractivity contribution in [1.82, 2.24) is 5.32 Å². The van der Waals surface area contributed by atoms with Gasteiger partial charge in [-0.05, 0) is 43.4 Å². The molecule has 0 aromatic rings. The fourth-order valence-electron chi connectivity index (χ4n) is 3.07. The van der Waals surface area contributed by atoms with Gasteiger partial charge in [0.2, 0.25) is 0 Å². The van der Waals surface area contributed by atoms with Gasteiger partial charge in [-0.25, -0.2) is 0 Å². The van der Waals surface area contributed by atoms with Gasteiger partial charge in [0.05, 0.1) is 0 Å². The van der Waals surface area contributed by atoms with Gasteiger partial charge in [-0.1, -0.05) is 19.8 Å². The van der Waals surface area contributed by atoms with E-state index in [0.717, 1.165) is 24.9 Å². The summed E-state index contributed by atoms with van der Waals surface area (Å²) < 4.78 is 0.